The molecule has 2 aromatic rings. The van der Waals surface area contributed by atoms with Gasteiger partial charge in [-0.2, -0.15) is 0 Å². The summed E-state index contributed by atoms with van der Waals surface area (Å²) >= 11 is 0. The van der Waals surface area contributed by atoms with E-state index in [-0.39, 0.29) is 17.3 Å². The van der Waals surface area contributed by atoms with Gasteiger partial charge in [0.05, 0.1) is 4.92 Å². The Labute approximate surface area is 124 Å². The van der Waals surface area contributed by atoms with E-state index in [0.717, 1.165) is 5.76 Å². The van der Waals surface area contributed by atoms with Crippen LogP contribution in [-0.4, -0.2) is 16.8 Å². The van der Waals surface area contributed by atoms with Crippen LogP contribution in [0.4, 0.5) is 5.69 Å². The monoisotopic (exact) mass is 298 g/mol. The van der Waals surface area contributed by atoms with E-state index in [2.05, 4.69) is 4.99 Å². The highest BCUT2D eigenvalue weighted by atomic mass is 16.6. The molecule has 0 saturated carbocycles. The Morgan fingerprint density at radius 3 is 2.50 bits per heavy atom. The molecule has 0 bridgehead atoms. The minimum atomic E-state index is -0.595. The van der Waals surface area contributed by atoms with Gasteiger partial charge in [-0.05, 0) is 31.2 Å². The number of benzene rings is 1. The van der Waals surface area contributed by atoms with Gasteiger partial charge in [0.15, 0.2) is 5.70 Å². The Morgan fingerprint density at radius 1 is 1.18 bits per heavy atom. The molecule has 0 unspecified atom stereocenters. The number of carbonyl (C=O) groups is 1. The molecule has 1 aromatic carbocycles. The van der Waals surface area contributed by atoms with Gasteiger partial charge in [0.1, 0.15) is 11.5 Å². The van der Waals surface area contributed by atoms with Crippen LogP contribution in [-0.2, 0) is 9.53 Å². The standard InChI is InChI=1S/C15H10N2O5/c1-9-2-7-12(21-9)8-13-15(18)22-14(16-13)10-3-5-11(6-4-10)17(19)20/h2-8H,1H3/b13-8+. The zero-order valence-corrected chi connectivity index (χ0v) is 11.5. The maximum atomic E-state index is 11.8. The summed E-state index contributed by atoms with van der Waals surface area (Å²) in [5, 5.41) is 10.6. The van der Waals surface area contributed by atoms with Crippen LogP contribution in [0, 0.1) is 17.0 Å². The number of rotatable bonds is 3. The lowest BCUT2D eigenvalue weighted by Gasteiger charge is -1.98. The number of non-ortho nitro benzene ring substituents is 1. The van der Waals surface area contributed by atoms with E-state index in [4.69, 9.17) is 9.15 Å². The van der Waals surface area contributed by atoms with Crippen molar-refractivity contribution in [2.45, 2.75) is 6.92 Å². The number of furan rings is 1. The quantitative estimate of drug-likeness (QED) is 0.376. The number of nitro groups is 1. The Kier molecular flexibility index (Phi) is 3.30. The fraction of sp³-hybridized carbons (Fsp3) is 0.0667. The van der Waals surface area contributed by atoms with Crippen molar-refractivity contribution in [3.05, 3.63) is 69.3 Å². The van der Waals surface area contributed by atoms with Gasteiger partial charge in [-0.15, -0.1) is 0 Å². The maximum Gasteiger partial charge on any atom is 0.363 e. The summed E-state index contributed by atoms with van der Waals surface area (Å²) in [5.41, 5.74) is 0.552. The van der Waals surface area contributed by atoms with Crippen LogP contribution >= 0.6 is 0 Å². The largest absolute Gasteiger partial charge is 0.462 e. The zero-order chi connectivity index (χ0) is 15.7. The second-order valence-electron chi connectivity index (χ2n) is 4.59. The SMILES string of the molecule is Cc1ccc(/C=C2/N=C(c3ccc([N+](=O)[O-])cc3)OC2=O)o1. The highest BCUT2D eigenvalue weighted by Crippen LogP contribution is 2.21. The van der Waals surface area contributed by atoms with Crippen molar-refractivity contribution in [1.82, 2.24) is 0 Å². The molecule has 1 aliphatic heterocycles. The lowest BCUT2D eigenvalue weighted by molar-refractivity contribution is -0.384. The predicted octanol–water partition coefficient (Wildman–Crippen LogP) is 2.84. The molecule has 2 heterocycles. The lowest BCUT2D eigenvalue weighted by atomic mass is 10.2. The number of esters is 1. The first-order valence-electron chi connectivity index (χ1n) is 6.37. The summed E-state index contributed by atoms with van der Waals surface area (Å²) in [7, 11) is 0. The topological polar surface area (TPSA) is 94.9 Å². The van der Waals surface area contributed by atoms with Crippen molar-refractivity contribution < 1.29 is 18.9 Å². The van der Waals surface area contributed by atoms with Gasteiger partial charge in [-0.1, -0.05) is 0 Å². The molecular formula is C15H10N2O5. The molecule has 0 atom stereocenters. The van der Waals surface area contributed by atoms with Gasteiger partial charge >= 0.3 is 5.97 Å². The van der Waals surface area contributed by atoms with Gasteiger partial charge in [-0.25, -0.2) is 9.79 Å². The normalized spacial score (nSPS) is 15.8. The summed E-state index contributed by atoms with van der Waals surface area (Å²) in [4.78, 5) is 26.0. The van der Waals surface area contributed by atoms with Crippen LogP contribution in [0.2, 0.25) is 0 Å². The average molecular weight is 298 g/mol. The van der Waals surface area contributed by atoms with Crippen molar-refractivity contribution in [2.75, 3.05) is 0 Å². The van der Waals surface area contributed by atoms with E-state index < -0.39 is 10.9 Å². The van der Waals surface area contributed by atoms with E-state index in [1.54, 1.807) is 19.1 Å². The third-order valence-corrected chi connectivity index (χ3v) is 2.99. The highest BCUT2D eigenvalue weighted by Gasteiger charge is 2.24. The lowest BCUT2D eigenvalue weighted by Crippen LogP contribution is -2.05. The highest BCUT2D eigenvalue weighted by molar-refractivity contribution is 6.12. The number of hydrogen-bond acceptors (Lipinski definition) is 6. The third kappa shape index (κ3) is 2.64. The minimum absolute atomic E-state index is 0.0458. The molecule has 0 saturated heterocycles. The van der Waals surface area contributed by atoms with Gasteiger partial charge in [0.2, 0.25) is 5.90 Å². The smallest absolute Gasteiger partial charge is 0.363 e. The van der Waals surface area contributed by atoms with E-state index in [9.17, 15) is 14.9 Å². The summed E-state index contributed by atoms with van der Waals surface area (Å²) < 4.78 is 10.4. The maximum absolute atomic E-state index is 11.8. The first kappa shape index (κ1) is 13.7. The van der Waals surface area contributed by atoms with Crippen molar-refractivity contribution >= 4 is 23.6 Å². The molecule has 3 rings (SSSR count). The van der Waals surface area contributed by atoms with Crippen molar-refractivity contribution in [3.63, 3.8) is 0 Å². The predicted molar refractivity (Wildman–Crippen MR) is 77.1 cm³/mol. The molecular weight excluding hydrogens is 288 g/mol. The van der Waals surface area contributed by atoms with Crippen LogP contribution in [0.1, 0.15) is 17.1 Å². The summed E-state index contributed by atoms with van der Waals surface area (Å²) in [6, 6.07) is 9.09. The van der Waals surface area contributed by atoms with Gasteiger partial charge in [-0.3, -0.25) is 10.1 Å². The van der Waals surface area contributed by atoms with E-state index >= 15 is 0 Å². The number of cyclic esters (lactones) is 1. The van der Waals surface area contributed by atoms with Gasteiger partial charge in [0, 0.05) is 23.8 Å². The van der Waals surface area contributed by atoms with Crippen LogP contribution in [0.3, 0.4) is 0 Å². The summed E-state index contributed by atoms with van der Waals surface area (Å²) in [6.07, 6.45) is 1.48. The molecule has 0 aliphatic carbocycles. The number of nitro benzene ring substituents is 1. The second kappa shape index (κ2) is 5.28. The molecule has 110 valence electrons. The van der Waals surface area contributed by atoms with E-state index in [1.807, 2.05) is 0 Å². The Bertz CT molecular complexity index is 815. The fourth-order valence-electron chi connectivity index (χ4n) is 1.92. The number of carbonyl (C=O) groups excluding carboxylic acids is 1. The van der Waals surface area contributed by atoms with E-state index in [1.165, 1.54) is 30.3 Å². The Balaban J connectivity index is 1.89. The molecule has 0 N–H and O–H groups in total. The molecule has 0 fully saturated rings. The number of aryl methyl sites for hydroxylation is 1. The molecule has 1 aliphatic rings. The molecule has 0 radical (unpaired) electrons. The first-order chi connectivity index (χ1) is 10.5. The molecule has 0 amide bonds. The Morgan fingerprint density at radius 2 is 1.91 bits per heavy atom. The number of nitrogens with zero attached hydrogens (tertiary/aromatic N) is 2. The van der Waals surface area contributed by atoms with Crippen LogP contribution in [0.15, 0.2) is 51.5 Å². The first-order valence-corrected chi connectivity index (χ1v) is 6.37. The zero-order valence-electron chi connectivity index (χ0n) is 11.5. The molecule has 7 nitrogen and oxygen atoms in total. The minimum Gasteiger partial charge on any atom is -0.462 e. The van der Waals surface area contributed by atoms with Gasteiger partial charge < -0.3 is 9.15 Å². The fourth-order valence-corrected chi connectivity index (χ4v) is 1.92. The van der Waals surface area contributed by atoms with Crippen LogP contribution in [0.5, 0.6) is 0 Å². The molecule has 0 spiro atoms. The van der Waals surface area contributed by atoms with Crippen LogP contribution < -0.4 is 0 Å². The average Bonchev–Trinajstić information content (AvgIpc) is 3.06. The molecule has 1 aromatic heterocycles. The van der Waals surface area contributed by atoms with Crippen molar-refractivity contribution in [1.29, 1.82) is 0 Å². The summed E-state index contributed by atoms with van der Waals surface area (Å²) in [5.74, 6) is 0.729. The second-order valence-corrected chi connectivity index (χ2v) is 4.59. The van der Waals surface area contributed by atoms with Crippen molar-refractivity contribution in [2.24, 2.45) is 4.99 Å². The number of hydrogen-bond donors (Lipinski definition) is 0. The molecule has 22 heavy (non-hydrogen) atoms. The Hall–Kier alpha value is -3.22. The molecule has 7 heteroatoms. The summed E-state index contributed by atoms with van der Waals surface area (Å²) in [6.45, 7) is 1.79. The van der Waals surface area contributed by atoms with E-state index in [0.29, 0.717) is 11.3 Å². The third-order valence-electron chi connectivity index (χ3n) is 2.99. The van der Waals surface area contributed by atoms with Gasteiger partial charge in [0.25, 0.3) is 5.69 Å². The number of aliphatic imine (C=N–C) groups is 1. The van der Waals surface area contributed by atoms with Crippen LogP contribution in [0.25, 0.3) is 6.08 Å². The number of ether oxygens (including phenoxy) is 1. The van der Waals surface area contributed by atoms with Crippen molar-refractivity contribution in [3.8, 4) is 0 Å².